The van der Waals surface area contributed by atoms with E-state index in [1.54, 1.807) is 24.0 Å². The highest BCUT2D eigenvalue weighted by Gasteiger charge is 2.11. The Morgan fingerprint density at radius 1 is 1.38 bits per heavy atom. The number of hydrogen-bond donors (Lipinski definition) is 1. The molecule has 0 bridgehead atoms. The molecule has 0 spiro atoms. The Labute approximate surface area is 123 Å². The van der Waals surface area contributed by atoms with Gasteiger partial charge in [0.15, 0.2) is 12.9 Å². The lowest BCUT2D eigenvalue weighted by atomic mass is 9.75. The Morgan fingerprint density at radius 3 is 3.00 bits per heavy atom. The van der Waals surface area contributed by atoms with E-state index in [2.05, 4.69) is 20.4 Å². The molecule has 1 N–H and O–H groups in total. The molecular weight excluding hydrogens is 265 g/mol. The Bertz CT molecular complexity index is 744. The predicted molar refractivity (Wildman–Crippen MR) is 82.4 cm³/mol. The van der Waals surface area contributed by atoms with Gasteiger partial charge in [-0.1, -0.05) is 12.9 Å². The third-order valence-electron chi connectivity index (χ3n) is 3.19. The lowest BCUT2D eigenvalue weighted by molar-refractivity contribution is 0.398. The topological polar surface area (TPSA) is 64.3 Å². The molecule has 21 heavy (non-hydrogen) atoms. The Morgan fingerprint density at radius 2 is 2.29 bits per heavy atom. The summed E-state index contributed by atoms with van der Waals surface area (Å²) in [5, 5.41) is 7.71. The molecule has 1 radical (unpaired) electrons. The molecule has 3 aromatic rings. The summed E-state index contributed by atoms with van der Waals surface area (Å²) in [6.45, 7) is 2.61. The zero-order valence-electron chi connectivity index (χ0n) is 11.9. The number of rotatable bonds is 5. The first kappa shape index (κ1) is 13.4. The van der Waals surface area contributed by atoms with Gasteiger partial charge in [-0.15, -0.1) is 0 Å². The summed E-state index contributed by atoms with van der Waals surface area (Å²) in [6, 6.07) is 5.76. The Kier molecular flexibility index (Phi) is 3.72. The number of ether oxygens (including phenoxy) is 1. The van der Waals surface area contributed by atoms with Crippen molar-refractivity contribution < 1.29 is 4.74 Å². The lowest BCUT2D eigenvalue weighted by Gasteiger charge is -2.10. The maximum atomic E-state index is 5.27. The van der Waals surface area contributed by atoms with Crippen LogP contribution in [0.2, 0.25) is 6.82 Å². The number of nitrogens with one attached hydrogen (secondary N) is 1. The van der Waals surface area contributed by atoms with E-state index in [-0.39, 0.29) is 0 Å². The van der Waals surface area contributed by atoms with Gasteiger partial charge in [-0.05, 0) is 17.1 Å². The summed E-state index contributed by atoms with van der Waals surface area (Å²) < 4.78 is 7.04. The fraction of sp³-hybridized carbons (Fsp3) is 0.214. The molecular formula is C14H15BN5O. The van der Waals surface area contributed by atoms with Gasteiger partial charge in [0.2, 0.25) is 5.88 Å². The van der Waals surface area contributed by atoms with Gasteiger partial charge in [0.05, 0.1) is 7.11 Å². The number of methoxy groups -OCH3 is 1. The van der Waals surface area contributed by atoms with Crippen LogP contribution in [0.3, 0.4) is 0 Å². The van der Waals surface area contributed by atoms with Gasteiger partial charge in [0.25, 0.3) is 0 Å². The van der Waals surface area contributed by atoms with Crippen molar-refractivity contribution in [1.82, 2.24) is 19.6 Å². The number of hydrogen-bond acceptors (Lipinski definition) is 5. The van der Waals surface area contributed by atoms with Crippen molar-refractivity contribution in [3.05, 3.63) is 42.4 Å². The highest BCUT2D eigenvalue weighted by Crippen LogP contribution is 2.17. The molecule has 0 aromatic carbocycles. The number of aromatic nitrogens is 4. The molecule has 0 saturated carbocycles. The van der Waals surface area contributed by atoms with Gasteiger partial charge in [0, 0.05) is 31.2 Å². The van der Waals surface area contributed by atoms with E-state index < -0.39 is 0 Å². The minimum atomic E-state index is 0.555. The third-order valence-corrected chi connectivity index (χ3v) is 3.19. The largest absolute Gasteiger partial charge is 0.481 e. The van der Waals surface area contributed by atoms with E-state index in [1.165, 1.54) is 0 Å². The summed E-state index contributed by atoms with van der Waals surface area (Å²) in [5.41, 5.74) is 2.83. The first-order valence-corrected chi connectivity index (χ1v) is 6.66. The van der Waals surface area contributed by atoms with Crippen LogP contribution in [0.25, 0.3) is 5.65 Å². The highest BCUT2D eigenvalue weighted by molar-refractivity contribution is 6.54. The van der Waals surface area contributed by atoms with Gasteiger partial charge in [-0.3, -0.25) is 4.98 Å². The molecule has 7 heteroatoms. The minimum absolute atomic E-state index is 0.555. The van der Waals surface area contributed by atoms with E-state index in [4.69, 9.17) is 4.74 Å². The molecule has 3 heterocycles. The molecule has 0 aliphatic heterocycles. The van der Waals surface area contributed by atoms with Crippen molar-refractivity contribution in [3.8, 4) is 5.88 Å². The van der Waals surface area contributed by atoms with Crippen LogP contribution in [-0.2, 0) is 6.54 Å². The summed E-state index contributed by atoms with van der Waals surface area (Å²) in [6.07, 6.45) is 5.38. The second-order valence-electron chi connectivity index (χ2n) is 4.52. The normalized spacial score (nSPS) is 10.6. The highest BCUT2D eigenvalue weighted by atomic mass is 16.5. The van der Waals surface area contributed by atoms with E-state index in [0.29, 0.717) is 12.4 Å². The molecule has 0 fully saturated rings. The van der Waals surface area contributed by atoms with Crippen LogP contribution in [0.1, 0.15) is 5.56 Å². The fourth-order valence-electron chi connectivity index (χ4n) is 2.09. The quantitative estimate of drug-likeness (QED) is 0.710. The van der Waals surface area contributed by atoms with Gasteiger partial charge in [-0.25, -0.2) is 0 Å². The molecule has 6 nitrogen and oxygen atoms in total. The van der Waals surface area contributed by atoms with Crippen LogP contribution in [0.15, 0.2) is 36.8 Å². The van der Waals surface area contributed by atoms with Crippen LogP contribution in [0, 0.1) is 0 Å². The summed E-state index contributed by atoms with van der Waals surface area (Å²) in [4.78, 5) is 8.54. The van der Waals surface area contributed by atoms with Crippen LogP contribution >= 0.6 is 0 Å². The standard InChI is InChI=1S/C14H15BN5O/c1-15-11-9-18-20-12(6-13(21-2)19-14(11)20)17-8-10-4-3-5-16-7-10/h3-7,9,17H,8H2,1-2H3. The van der Waals surface area contributed by atoms with Crippen molar-refractivity contribution in [2.75, 3.05) is 12.4 Å². The predicted octanol–water partition coefficient (Wildman–Crippen LogP) is 1.12. The molecule has 0 saturated heterocycles. The third kappa shape index (κ3) is 2.67. The van der Waals surface area contributed by atoms with Crippen molar-refractivity contribution in [2.24, 2.45) is 0 Å². The number of anilines is 1. The zero-order chi connectivity index (χ0) is 14.7. The van der Waals surface area contributed by atoms with Crippen molar-refractivity contribution in [2.45, 2.75) is 13.4 Å². The second-order valence-corrected chi connectivity index (χ2v) is 4.52. The average molecular weight is 280 g/mol. The minimum Gasteiger partial charge on any atom is -0.481 e. The molecule has 0 aliphatic rings. The first-order valence-electron chi connectivity index (χ1n) is 6.66. The second kappa shape index (κ2) is 5.82. The van der Waals surface area contributed by atoms with Gasteiger partial charge >= 0.3 is 0 Å². The summed E-state index contributed by atoms with van der Waals surface area (Å²) in [7, 11) is 3.58. The smallest absolute Gasteiger partial charge is 0.218 e. The Hall–Kier alpha value is -2.57. The molecule has 0 aliphatic carbocycles. The van der Waals surface area contributed by atoms with Gasteiger partial charge < -0.3 is 10.1 Å². The lowest BCUT2D eigenvalue weighted by Crippen LogP contribution is -2.13. The average Bonchev–Trinajstić information content (AvgIpc) is 2.96. The van der Waals surface area contributed by atoms with Crippen molar-refractivity contribution in [1.29, 1.82) is 0 Å². The van der Waals surface area contributed by atoms with Crippen LogP contribution in [0.5, 0.6) is 5.88 Å². The molecule has 0 unspecified atom stereocenters. The van der Waals surface area contributed by atoms with Crippen LogP contribution in [-0.4, -0.2) is 34.0 Å². The van der Waals surface area contributed by atoms with Crippen LogP contribution < -0.4 is 15.5 Å². The SMILES string of the molecule is C[B]c1cnn2c(NCc3cccnc3)cc(OC)nc12. The molecule has 0 atom stereocenters. The van der Waals surface area contributed by atoms with E-state index >= 15 is 0 Å². The monoisotopic (exact) mass is 280 g/mol. The molecule has 3 aromatic heterocycles. The fourth-order valence-corrected chi connectivity index (χ4v) is 2.09. The molecule has 3 rings (SSSR count). The summed E-state index contributed by atoms with van der Waals surface area (Å²) in [5.74, 6) is 1.38. The number of fused-ring (bicyclic) bond motifs is 1. The maximum Gasteiger partial charge on any atom is 0.218 e. The van der Waals surface area contributed by atoms with E-state index in [0.717, 1.165) is 22.5 Å². The van der Waals surface area contributed by atoms with Crippen LogP contribution in [0.4, 0.5) is 5.82 Å². The first-order chi connectivity index (χ1) is 10.3. The molecule has 0 amide bonds. The van der Waals surface area contributed by atoms with Gasteiger partial charge in [-0.2, -0.15) is 14.6 Å². The van der Waals surface area contributed by atoms with Crippen molar-refractivity contribution in [3.63, 3.8) is 0 Å². The number of nitrogens with zero attached hydrogens (tertiary/aromatic N) is 4. The molecule has 105 valence electrons. The summed E-state index contributed by atoms with van der Waals surface area (Å²) >= 11 is 0. The van der Waals surface area contributed by atoms with E-state index in [1.807, 2.05) is 38.5 Å². The van der Waals surface area contributed by atoms with E-state index in [9.17, 15) is 0 Å². The van der Waals surface area contributed by atoms with Gasteiger partial charge in [0.1, 0.15) is 5.82 Å². The Balaban J connectivity index is 1.95. The van der Waals surface area contributed by atoms with Crippen molar-refractivity contribution >= 4 is 24.2 Å². The number of pyridine rings is 1. The maximum absolute atomic E-state index is 5.27. The zero-order valence-corrected chi connectivity index (χ0v) is 11.9.